The predicted molar refractivity (Wildman–Crippen MR) is 176 cm³/mol. The first kappa shape index (κ1) is 32.1. The summed E-state index contributed by atoms with van der Waals surface area (Å²) in [6.45, 7) is 8.01. The molecule has 5 rings (SSSR count). The number of benzene rings is 3. The highest BCUT2D eigenvalue weighted by atomic mass is 32.2. The van der Waals surface area contributed by atoms with Crippen molar-refractivity contribution < 1.29 is 13.6 Å². The molecule has 1 saturated heterocycles. The maximum absolute atomic E-state index is 16.3. The van der Waals surface area contributed by atoms with Crippen LogP contribution in [0.1, 0.15) is 57.1 Å². The first-order chi connectivity index (χ1) is 21.2. The number of carbonyl (C=O) groups excluding carboxylic acids is 1. The van der Waals surface area contributed by atoms with E-state index < -0.39 is 17.9 Å². The van der Waals surface area contributed by atoms with Gasteiger partial charge in [0.1, 0.15) is 0 Å². The molecule has 3 N–H and O–H groups in total. The minimum absolute atomic E-state index is 0.0167. The van der Waals surface area contributed by atoms with E-state index in [9.17, 15) is 4.79 Å². The number of nitrogens with two attached hydrogens (primary N) is 1. The molecular weight excluding hydrogens is 576 g/mol. The second kappa shape index (κ2) is 14.2. The lowest BCUT2D eigenvalue weighted by Gasteiger charge is -2.35. The van der Waals surface area contributed by atoms with E-state index in [1.165, 1.54) is 29.9 Å². The van der Waals surface area contributed by atoms with Gasteiger partial charge in [0, 0.05) is 41.5 Å². The minimum atomic E-state index is -3.46. The van der Waals surface area contributed by atoms with Crippen molar-refractivity contribution in [1.29, 1.82) is 0 Å². The van der Waals surface area contributed by atoms with Crippen molar-refractivity contribution in [2.24, 2.45) is 11.7 Å². The lowest BCUT2D eigenvalue weighted by molar-refractivity contribution is -0.145. The molecule has 2 unspecified atom stereocenters. The van der Waals surface area contributed by atoms with Gasteiger partial charge in [-0.2, -0.15) is 13.9 Å². The Morgan fingerprint density at radius 1 is 1.07 bits per heavy atom. The van der Waals surface area contributed by atoms with E-state index in [4.69, 9.17) is 5.73 Å². The number of nitrogens with one attached hydrogen (secondary N) is 1. The van der Waals surface area contributed by atoms with E-state index in [1.807, 2.05) is 60.3 Å². The fourth-order valence-corrected chi connectivity index (χ4v) is 6.54. The van der Waals surface area contributed by atoms with Crippen LogP contribution in [-0.2, 0) is 17.3 Å². The summed E-state index contributed by atoms with van der Waals surface area (Å²) in [5, 5.41) is 5.52. The fourth-order valence-electron chi connectivity index (χ4n) is 5.72. The molecule has 4 aromatic rings. The van der Waals surface area contributed by atoms with E-state index in [2.05, 4.69) is 23.7 Å². The second-order valence-electron chi connectivity index (χ2n) is 12.2. The van der Waals surface area contributed by atoms with Crippen molar-refractivity contribution in [3.8, 4) is 11.1 Å². The van der Waals surface area contributed by atoms with Gasteiger partial charge in [0.2, 0.25) is 5.91 Å². The van der Waals surface area contributed by atoms with Crippen molar-refractivity contribution in [3.63, 3.8) is 0 Å². The quantitative estimate of drug-likeness (QED) is 0.160. The van der Waals surface area contributed by atoms with Gasteiger partial charge in [-0.15, -0.1) is 0 Å². The SMILES string of the molecule is CCCCC(C)Cn1ncc2cc(SNC(C(=O)N3CCC(N)CC3)C(F)(F)c3ccc(-c4ccc(C)cc4)cc3)ccc21. The van der Waals surface area contributed by atoms with Gasteiger partial charge < -0.3 is 10.6 Å². The van der Waals surface area contributed by atoms with Crippen molar-refractivity contribution >= 4 is 28.8 Å². The van der Waals surface area contributed by atoms with Crippen molar-refractivity contribution in [2.45, 2.75) is 82.3 Å². The normalized spacial score (nSPS) is 15.9. The van der Waals surface area contributed by atoms with Crippen molar-refractivity contribution in [3.05, 3.63) is 84.1 Å². The third-order valence-corrected chi connectivity index (χ3v) is 9.40. The molecule has 2 heterocycles. The Hall–Kier alpha value is -3.27. The number of fused-ring (bicyclic) bond motifs is 1. The van der Waals surface area contributed by atoms with Crippen LogP contribution in [0.4, 0.5) is 8.78 Å². The predicted octanol–water partition coefficient (Wildman–Crippen LogP) is 7.55. The van der Waals surface area contributed by atoms with Crippen molar-refractivity contribution in [2.75, 3.05) is 13.1 Å². The van der Waals surface area contributed by atoms with Gasteiger partial charge in [-0.25, -0.2) is 4.72 Å². The minimum Gasteiger partial charge on any atom is -0.341 e. The van der Waals surface area contributed by atoms with Crippen LogP contribution in [0.25, 0.3) is 22.0 Å². The lowest BCUT2D eigenvalue weighted by atomic mass is 9.96. The zero-order valence-corrected chi connectivity index (χ0v) is 26.6. The number of halogens is 2. The second-order valence-corrected chi connectivity index (χ2v) is 13.1. The van der Waals surface area contributed by atoms with E-state index in [-0.39, 0.29) is 11.6 Å². The molecule has 44 heavy (non-hydrogen) atoms. The molecule has 0 bridgehead atoms. The van der Waals surface area contributed by atoms with Crippen LogP contribution in [0, 0.1) is 12.8 Å². The van der Waals surface area contributed by atoms with Crippen LogP contribution < -0.4 is 10.5 Å². The summed E-state index contributed by atoms with van der Waals surface area (Å²) in [5.41, 5.74) is 9.76. The molecule has 1 aliphatic heterocycles. The van der Waals surface area contributed by atoms with Crippen LogP contribution in [0.5, 0.6) is 0 Å². The maximum atomic E-state index is 16.3. The summed E-state index contributed by atoms with van der Waals surface area (Å²) in [6, 6.07) is 18.2. The molecule has 1 aliphatic rings. The molecule has 1 fully saturated rings. The summed E-state index contributed by atoms with van der Waals surface area (Å²) in [5.74, 6) is -3.57. The molecule has 234 valence electrons. The number of aromatic nitrogens is 2. The molecule has 0 spiro atoms. The number of unbranched alkanes of at least 4 members (excludes halogenated alkanes) is 1. The number of carbonyl (C=O) groups is 1. The Morgan fingerprint density at radius 3 is 2.39 bits per heavy atom. The Morgan fingerprint density at radius 2 is 1.73 bits per heavy atom. The fraction of sp³-hybridized carbons (Fsp3) is 0.429. The molecule has 0 saturated carbocycles. The molecule has 0 radical (unpaired) electrons. The summed E-state index contributed by atoms with van der Waals surface area (Å²) >= 11 is 1.05. The largest absolute Gasteiger partial charge is 0.341 e. The number of likely N-dealkylation sites (tertiary alicyclic amines) is 1. The van der Waals surface area contributed by atoms with Crippen LogP contribution >= 0.6 is 11.9 Å². The Bertz CT molecular complexity index is 1530. The smallest absolute Gasteiger partial charge is 0.298 e. The number of aryl methyl sites for hydroxylation is 1. The summed E-state index contributed by atoms with van der Waals surface area (Å²) in [6.07, 6.45) is 6.52. The maximum Gasteiger partial charge on any atom is 0.298 e. The Balaban J connectivity index is 1.36. The lowest BCUT2D eigenvalue weighted by Crippen LogP contribution is -2.55. The standard InChI is InChI=1S/C35H43F2N5OS/c1-4-5-6-25(3)23-42-32-16-15-31(21-28(32)22-39-42)44-40-33(34(43)41-19-17-30(38)18-20-41)35(36,37)29-13-11-27(12-14-29)26-9-7-24(2)8-10-26/h7-16,21-22,25,30,33,40H,4-6,17-20,23,38H2,1-3H3. The molecular formula is C35H43F2N5OS. The number of piperidine rings is 1. The Labute approximate surface area is 263 Å². The van der Waals surface area contributed by atoms with E-state index in [0.29, 0.717) is 31.8 Å². The van der Waals surface area contributed by atoms with Gasteiger partial charge in [0.15, 0.2) is 6.04 Å². The van der Waals surface area contributed by atoms with Gasteiger partial charge >= 0.3 is 0 Å². The summed E-state index contributed by atoms with van der Waals surface area (Å²) < 4.78 is 37.5. The van der Waals surface area contributed by atoms with Crippen LogP contribution in [0.3, 0.4) is 0 Å². The van der Waals surface area contributed by atoms with Gasteiger partial charge in [-0.1, -0.05) is 80.8 Å². The Kier molecular flexibility index (Phi) is 10.4. The van der Waals surface area contributed by atoms with Gasteiger partial charge in [-0.3, -0.25) is 9.48 Å². The highest BCUT2D eigenvalue weighted by Crippen LogP contribution is 2.36. The van der Waals surface area contributed by atoms with Crippen LogP contribution in [0.2, 0.25) is 0 Å². The highest BCUT2D eigenvalue weighted by Gasteiger charge is 2.48. The average Bonchev–Trinajstić information content (AvgIpc) is 3.42. The molecule has 1 amide bonds. The molecule has 6 nitrogen and oxygen atoms in total. The summed E-state index contributed by atoms with van der Waals surface area (Å²) in [7, 11) is 0. The number of amides is 1. The van der Waals surface area contributed by atoms with E-state index in [1.54, 1.807) is 12.1 Å². The van der Waals surface area contributed by atoms with Gasteiger partial charge in [0.25, 0.3) is 5.92 Å². The topological polar surface area (TPSA) is 76.2 Å². The first-order valence-electron chi connectivity index (χ1n) is 15.6. The zero-order valence-electron chi connectivity index (χ0n) is 25.8. The molecule has 2 atom stereocenters. The van der Waals surface area contributed by atoms with Gasteiger partial charge in [0.05, 0.1) is 11.7 Å². The average molecular weight is 620 g/mol. The highest BCUT2D eigenvalue weighted by molar-refractivity contribution is 7.97. The van der Waals surface area contributed by atoms with Gasteiger partial charge in [-0.05, 0) is 73.4 Å². The monoisotopic (exact) mass is 619 g/mol. The number of hydrogen-bond donors (Lipinski definition) is 2. The molecule has 1 aromatic heterocycles. The number of alkyl halides is 2. The molecule has 0 aliphatic carbocycles. The van der Waals surface area contributed by atoms with E-state index >= 15 is 8.78 Å². The number of hydrogen-bond acceptors (Lipinski definition) is 5. The van der Waals surface area contributed by atoms with Crippen LogP contribution in [-0.4, -0.2) is 45.8 Å². The zero-order chi connectivity index (χ0) is 31.3. The number of nitrogens with zero attached hydrogens (tertiary/aromatic N) is 3. The number of rotatable bonds is 12. The molecule has 3 aromatic carbocycles. The third kappa shape index (κ3) is 7.50. The third-order valence-electron chi connectivity index (χ3n) is 8.56. The van der Waals surface area contributed by atoms with Crippen molar-refractivity contribution in [1.82, 2.24) is 19.4 Å². The molecule has 9 heteroatoms. The van der Waals surface area contributed by atoms with E-state index in [0.717, 1.165) is 57.4 Å². The summed E-state index contributed by atoms with van der Waals surface area (Å²) in [4.78, 5) is 15.9. The first-order valence-corrected chi connectivity index (χ1v) is 16.4. The van der Waals surface area contributed by atoms with Crippen LogP contribution in [0.15, 0.2) is 77.8 Å².